The first kappa shape index (κ1) is 16.7. The van der Waals surface area contributed by atoms with E-state index in [1.54, 1.807) is 0 Å². The Kier molecular flexibility index (Phi) is 5.24. The summed E-state index contributed by atoms with van der Waals surface area (Å²) in [6, 6.07) is 0. The molecule has 0 aromatic carbocycles. The molecule has 0 atom stereocenters. The van der Waals surface area contributed by atoms with Crippen LogP contribution in [-0.4, -0.2) is 38.5 Å². The van der Waals surface area contributed by atoms with Gasteiger partial charge >= 0.3 is 0 Å². The normalized spacial score (nSPS) is 34.4. The van der Waals surface area contributed by atoms with Crippen LogP contribution in [-0.2, 0) is 9.59 Å². The second kappa shape index (κ2) is 7.20. The molecule has 4 bridgehead atoms. The lowest BCUT2D eigenvalue weighted by atomic mass is 9.49. The third kappa shape index (κ3) is 4.25. The first-order valence-corrected chi connectivity index (χ1v) is 9.26. The lowest BCUT2D eigenvalue weighted by Crippen LogP contribution is -2.48. The van der Waals surface area contributed by atoms with Crippen LogP contribution in [0.15, 0.2) is 0 Å². The van der Waals surface area contributed by atoms with E-state index in [2.05, 4.69) is 16.0 Å². The maximum Gasteiger partial charge on any atom is 0.239 e. The number of carbonyl (C=O) groups excluding carboxylic acids is 2. The second-order valence-corrected chi connectivity index (χ2v) is 8.18. The molecule has 0 unspecified atom stereocenters. The highest BCUT2D eigenvalue weighted by Gasteiger charge is 2.51. The van der Waals surface area contributed by atoms with Crippen LogP contribution in [0.1, 0.15) is 51.4 Å². The zero-order valence-electron chi connectivity index (χ0n) is 14.3. The van der Waals surface area contributed by atoms with Crippen LogP contribution < -0.4 is 16.0 Å². The fraction of sp³-hybridized carbons (Fsp3) is 0.889. The lowest BCUT2D eigenvalue weighted by Gasteiger charge is -2.56. The van der Waals surface area contributed by atoms with Crippen molar-refractivity contribution in [3.8, 4) is 0 Å². The fourth-order valence-electron chi connectivity index (χ4n) is 5.64. The maximum atomic E-state index is 12.3. The SMILES string of the molecule is CNCCCNC(=O)CNC(=O)CC12CC3CC(CC(C3)C1)C2. The van der Waals surface area contributed by atoms with Crippen LogP contribution in [0.2, 0.25) is 0 Å². The minimum absolute atomic E-state index is 0.0670. The third-order valence-electron chi connectivity index (χ3n) is 6.07. The Morgan fingerprint density at radius 3 is 2.09 bits per heavy atom. The highest BCUT2D eigenvalue weighted by molar-refractivity contribution is 5.84. The van der Waals surface area contributed by atoms with Gasteiger partial charge in [-0.05, 0) is 81.7 Å². The van der Waals surface area contributed by atoms with Crippen molar-refractivity contribution in [1.82, 2.24) is 16.0 Å². The molecule has 4 rings (SSSR count). The minimum atomic E-state index is -0.0834. The van der Waals surface area contributed by atoms with Crippen LogP contribution in [0.25, 0.3) is 0 Å². The zero-order valence-corrected chi connectivity index (χ0v) is 14.3. The van der Waals surface area contributed by atoms with Crippen molar-refractivity contribution in [3.63, 3.8) is 0 Å². The molecule has 4 aliphatic carbocycles. The molecule has 5 heteroatoms. The monoisotopic (exact) mass is 321 g/mol. The summed E-state index contributed by atoms with van der Waals surface area (Å²) in [5, 5.41) is 8.71. The molecule has 23 heavy (non-hydrogen) atoms. The van der Waals surface area contributed by atoms with E-state index in [1.165, 1.54) is 38.5 Å². The molecule has 3 N–H and O–H groups in total. The fourth-order valence-corrected chi connectivity index (χ4v) is 5.64. The van der Waals surface area contributed by atoms with Crippen molar-refractivity contribution in [2.45, 2.75) is 51.4 Å². The summed E-state index contributed by atoms with van der Waals surface area (Å²) in [6.45, 7) is 1.66. The zero-order chi connectivity index (χ0) is 16.3. The van der Waals surface area contributed by atoms with Gasteiger partial charge in [0, 0.05) is 13.0 Å². The number of rotatable bonds is 8. The van der Waals surface area contributed by atoms with Crippen molar-refractivity contribution < 1.29 is 9.59 Å². The van der Waals surface area contributed by atoms with Crippen LogP contribution in [0.4, 0.5) is 0 Å². The lowest BCUT2D eigenvalue weighted by molar-refractivity contribution is -0.131. The van der Waals surface area contributed by atoms with E-state index < -0.39 is 0 Å². The van der Waals surface area contributed by atoms with Crippen molar-refractivity contribution in [2.75, 3.05) is 26.7 Å². The smallest absolute Gasteiger partial charge is 0.239 e. The molecule has 2 amide bonds. The van der Waals surface area contributed by atoms with Gasteiger partial charge in [-0.25, -0.2) is 0 Å². The molecule has 4 aliphatic rings. The summed E-state index contributed by atoms with van der Waals surface area (Å²) >= 11 is 0. The van der Waals surface area contributed by atoms with E-state index in [9.17, 15) is 9.59 Å². The quantitative estimate of drug-likeness (QED) is 0.592. The Morgan fingerprint density at radius 2 is 1.52 bits per heavy atom. The van der Waals surface area contributed by atoms with Gasteiger partial charge in [0.15, 0.2) is 0 Å². The number of nitrogens with one attached hydrogen (secondary N) is 3. The molecule has 0 aromatic rings. The van der Waals surface area contributed by atoms with Gasteiger partial charge in [-0.1, -0.05) is 0 Å². The number of hydrogen-bond donors (Lipinski definition) is 3. The van der Waals surface area contributed by atoms with Gasteiger partial charge in [-0.2, -0.15) is 0 Å². The second-order valence-electron chi connectivity index (χ2n) is 8.18. The van der Waals surface area contributed by atoms with E-state index >= 15 is 0 Å². The standard InChI is InChI=1S/C18H31N3O2/c1-19-3-2-4-20-17(23)12-21-16(22)11-18-8-13-5-14(9-18)7-15(6-13)10-18/h13-15,19H,2-12H2,1H3,(H,20,23)(H,21,22). The third-order valence-corrected chi connectivity index (χ3v) is 6.07. The number of amides is 2. The van der Waals surface area contributed by atoms with Gasteiger partial charge < -0.3 is 16.0 Å². The van der Waals surface area contributed by atoms with E-state index in [-0.39, 0.29) is 23.8 Å². The molecule has 4 fully saturated rings. The van der Waals surface area contributed by atoms with Crippen LogP contribution in [0, 0.1) is 23.2 Å². The average molecular weight is 321 g/mol. The molecular weight excluding hydrogens is 290 g/mol. The van der Waals surface area contributed by atoms with Gasteiger partial charge in [0.2, 0.25) is 11.8 Å². The van der Waals surface area contributed by atoms with Crippen molar-refractivity contribution >= 4 is 11.8 Å². The Morgan fingerprint density at radius 1 is 0.913 bits per heavy atom. The summed E-state index contributed by atoms with van der Waals surface area (Å²) in [5.41, 5.74) is 0.252. The summed E-state index contributed by atoms with van der Waals surface area (Å²) in [5.74, 6) is 2.58. The first-order valence-electron chi connectivity index (χ1n) is 9.26. The van der Waals surface area contributed by atoms with Gasteiger partial charge in [0.05, 0.1) is 6.54 Å². The average Bonchev–Trinajstić information content (AvgIpc) is 2.48. The molecule has 5 nitrogen and oxygen atoms in total. The molecule has 4 saturated carbocycles. The minimum Gasteiger partial charge on any atom is -0.355 e. The van der Waals surface area contributed by atoms with E-state index in [0.717, 1.165) is 30.7 Å². The number of carbonyl (C=O) groups is 2. The molecule has 0 spiro atoms. The van der Waals surface area contributed by atoms with E-state index in [1.807, 2.05) is 7.05 Å². The summed E-state index contributed by atoms with van der Waals surface area (Å²) in [4.78, 5) is 24.0. The predicted molar refractivity (Wildman–Crippen MR) is 89.8 cm³/mol. The van der Waals surface area contributed by atoms with Gasteiger partial charge in [0.25, 0.3) is 0 Å². The summed E-state index contributed by atoms with van der Waals surface area (Å²) in [6.07, 6.45) is 9.45. The van der Waals surface area contributed by atoms with E-state index in [4.69, 9.17) is 0 Å². The molecule has 0 aliphatic heterocycles. The largest absolute Gasteiger partial charge is 0.355 e. The van der Waals surface area contributed by atoms with E-state index in [0.29, 0.717) is 13.0 Å². The Bertz CT molecular complexity index is 414. The van der Waals surface area contributed by atoms with Gasteiger partial charge in [-0.15, -0.1) is 0 Å². The Labute approximate surface area is 139 Å². The predicted octanol–water partition coefficient (Wildman–Crippen LogP) is 1.43. The molecule has 0 heterocycles. The summed E-state index contributed by atoms with van der Waals surface area (Å²) in [7, 11) is 1.90. The highest BCUT2D eigenvalue weighted by atomic mass is 16.2. The number of hydrogen-bond acceptors (Lipinski definition) is 3. The van der Waals surface area contributed by atoms with Crippen molar-refractivity contribution in [1.29, 1.82) is 0 Å². The van der Waals surface area contributed by atoms with Crippen molar-refractivity contribution in [2.24, 2.45) is 23.2 Å². The topological polar surface area (TPSA) is 70.2 Å². The Hall–Kier alpha value is -1.10. The summed E-state index contributed by atoms with van der Waals surface area (Å²) < 4.78 is 0. The van der Waals surface area contributed by atoms with Crippen LogP contribution in [0.3, 0.4) is 0 Å². The maximum absolute atomic E-state index is 12.3. The molecule has 0 saturated heterocycles. The molecule has 0 radical (unpaired) electrons. The molecular formula is C18H31N3O2. The van der Waals surface area contributed by atoms with Crippen LogP contribution >= 0.6 is 0 Å². The van der Waals surface area contributed by atoms with Gasteiger partial charge in [0.1, 0.15) is 0 Å². The van der Waals surface area contributed by atoms with Crippen LogP contribution in [0.5, 0.6) is 0 Å². The van der Waals surface area contributed by atoms with Crippen molar-refractivity contribution in [3.05, 3.63) is 0 Å². The molecule has 130 valence electrons. The highest BCUT2D eigenvalue weighted by Crippen LogP contribution is 2.61. The van der Waals surface area contributed by atoms with Gasteiger partial charge in [-0.3, -0.25) is 9.59 Å². The molecule has 0 aromatic heterocycles. The first-order chi connectivity index (χ1) is 11.1. The Balaban J connectivity index is 1.39.